The van der Waals surface area contributed by atoms with Gasteiger partial charge in [0.2, 0.25) is 11.8 Å². The number of anilines is 1. The van der Waals surface area contributed by atoms with E-state index in [1.165, 1.54) is 24.9 Å². The number of carbonyl (C=O) groups is 3. The lowest BCUT2D eigenvalue weighted by atomic mass is 9.77. The number of nitrogens with one attached hydrogen (secondary N) is 2. The van der Waals surface area contributed by atoms with Crippen molar-refractivity contribution in [2.75, 3.05) is 4.90 Å². The Morgan fingerprint density at radius 2 is 1.81 bits per heavy atom. The van der Waals surface area contributed by atoms with Crippen LogP contribution in [-0.4, -0.2) is 43.4 Å². The molecule has 0 aliphatic carbocycles. The number of amides is 2. The highest BCUT2D eigenvalue weighted by Crippen LogP contribution is 2.50. The lowest BCUT2D eigenvalue weighted by Gasteiger charge is -2.30. The fraction of sp³-hybridized carbons (Fsp3) is 0.227. The second kappa shape index (κ2) is 7.13. The monoisotopic (exact) mass is 417 g/mol. The average molecular weight is 417 g/mol. The number of pyridine rings is 1. The van der Waals surface area contributed by atoms with Crippen LogP contribution in [0.1, 0.15) is 17.3 Å². The van der Waals surface area contributed by atoms with Crippen molar-refractivity contribution < 1.29 is 19.5 Å². The molecule has 2 aliphatic rings. The molecule has 0 bridgehead atoms. The summed E-state index contributed by atoms with van der Waals surface area (Å²) in [5.74, 6) is -4.08. The van der Waals surface area contributed by atoms with Gasteiger partial charge in [-0.05, 0) is 17.7 Å². The Balaban J connectivity index is 1.66. The molecular weight excluding hydrogens is 398 g/mol. The number of aromatic amines is 1. The van der Waals surface area contributed by atoms with Gasteiger partial charge in [-0.25, -0.2) is 9.88 Å². The average Bonchev–Trinajstić information content (AvgIpc) is 3.47. The van der Waals surface area contributed by atoms with E-state index in [1.54, 1.807) is 12.1 Å². The van der Waals surface area contributed by atoms with E-state index in [1.807, 2.05) is 30.3 Å². The van der Waals surface area contributed by atoms with Crippen LogP contribution in [0, 0.1) is 11.8 Å². The van der Waals surface area contributed by atoms with Crippen LogP contribution in [0.15, 0.2) is 67.4 Å². The van der Waals surface area contributed by atoms with E-state index in [0.29, 0.717) is 11.4 Å². The maximum atomic E-state index is 13.6. The molecule has 156 valence electrons. The number of imidazole rings is 1. The molecule has 2 fully saturated rings. The van der Waals surface area contributed by atoms with Crippen molar-refractivity contribution in [3.8, 4) is 0 Å². The summed E-state index contributed by atoms with van der Waals surface area (Å²) in [5, 5.41) is 13.5. The molecule has 1 aromatic carbocycles. The van der Waals surface area contributed by atoms with E-state index < -0.39 is 41.2 Å². The molecule has 2 saturated heterocycles. The number of rotatable bonds is 5. The summed E-state index contributed by atoms with van der Waals surface area (Å²) in [6, 6.07) is 11.7. The van der Waals surface area contributed by atoms with E-state index in [9.17, 15) is 19.5 Å². The number of benzene rings is 1. The third-order valence-corrected chi connectivity index (χ3v) is 6.14. The van der Waals surface area contributed by atoms with Crippen molar-refractivity contribution in [1.82, 2.24) is 20.3 Å². The summed E-state index contributed by atoms with van der Waals surface area (Å²) in [5.41, 5.74) is 0.0200. The van der Waals surface area contributed by atoms with Crippen LogP contribution < -0.4 is 10.2 Å². The third kappa shape index (κ3) is 2.85. The van der Waals surface area contributed by atoms with Gasteiger partial charge in [0.25, 0.3) is 0 Å². The lowest BCUT2D eigenvalue weighted by molar-refractivity contribution is -0.148. The predicted octanol–water partition coefficient (Wildman–Crippen LogP) is 1.32. The first-order valence-corrected chi connectivity index (χ1v) is 9.84. The minimum Gasteiger partial charge on any atom is -0.480 e. The number of fused-ring (bicyclic) bond motifs is 1. The fourth-order valence-corrected chi connectivity index (χ4v) is 4.81. The second-order valence-corrected chi connectivity index (χ2v) is 7.78. The normalized spacial score (nSPS) is 27.5. The minimum absolute atomic E-state index is 0.0178. The van der Waals surface area contributed by atoms with Gasteiger partial charge in [-0.1, -0.05) is 30.3 Å². The Morgan fingerprint density at radius 1 is 1.06 bits per heavy atom. The van der Waals surface area contributed by atoms with Crippen LogP contribution in [0.4, 0.5) is 5.69 Å². The quantitative estimate of drug-likeness (QED) is 0.534. The zero-order valence-corrected chi connectivity index (χ0v) is 16.3. The largest absolute Gasteiger partial charge is 0.480 e. The van der Waals surface area contributed by atoms with Crippen molar-refractivity contribution in [1.29, 1.82) is 0 Å². The first-order chi connectivity index (χ1) is 15.0. The molecule has 9 nitrogen and oxygen atoms in total. The molecule has 3 N–H and O–H groups in total. The molecule has 2 unspecified atom stereocenters. The van der Waals surface area contributed by atoms with Crippen LogP contribution >= 0.6 is 0 Å². The van der Waals surface area contributed by atoms with Crippen molar-refractivity contribution >= 4 is 23.5 Å². The number of aromatic nitrogens is 3. The van der Waals surface area contributed by atoms with Gasteiger partial charge in [0.1, 0.15) is 5.54 Å². The molecule has 4 atom stereocenters. The zero-order valence-electron chi connectivity index (χ0n) is 16.3. The molecule has 0 spiro atoms. The number of carboxylic acids is 1. The molecule has 5 rings (SSSR count). The summed E-state index contributed by atoms with van der Waals surface area (Å²) in [6.45, 7) is 0. The van der Waals surface area contributed by atoms with E-state index in [2.05, 4.69) is 20.3 Å². The van der Waals surface area contributed by atoms with Crippen molar-refractivity contribution in [2.45, 2.75) is 18.0 Å². The van der Waals surface area contributed by atoms with Gasteiger partial charge in [-0.2, -0.15) is 0 Å². The molecule has 2 aliphatic heterocycles. The number of imide groups is 1. The lowest BCUT2D eigenvalue weighted by Crippen LogP contribution is -2.57. The van der Waals surface area contributed by atoms with Gasteiger partial charge in [0.05, 0.1) is 23.9 Å². The van der Waals surface area contributed by atoms with Crippen LogP contribution in [0.25, 0.3) is 0 Å². The second-order valence-electron chi connectivity index (χ2n) is 7.78. The molecule has 3 aromatic rings. The van der Waals surface area contributed by atoms with Gasteiger partial charge in [0.15, 0.2) is 0 Å². The van der Waals surface area contributed by atoms with E-state index in [4.69, 9.17) is 0 Å². The molecule has 0 saturated carbocycles. The third-order valence-electron chi connectivity index (χ3n) is 6.14. The van der Waals surface area contributed by atoms with Gasteiger partial charge >= 0.3 is 5.97 Å². The van der Waals surface area contributed by atoms with Gasteiger partial charge < -0.3 is 10.1 Å². The molecule has 0 radical (unpaired) electrons. The number of H-pyrrole nitrogens is 1. The molecule has 31 heavy (non-hydrogen) atoms. The number of hydrogen-bond donors (Lipinski definition) is 3. The predicted molar refractivity (Wildman–Crippen MR) is 109 cm³/mol. The first kappa shape index (κ1) is 19.1. The topological polar surface area (TPSA) is 128 Å². The Kier molecular flexibility index (Phi) is 4.40. The van der Waals surface area contributed by atoms with Gasteiger partial charge in [-0.3, -0.25) is 24.7 Å². The summed E-state index contributed by atoms with van der Waals surface area (Å²) < 4.78 is 0. The number of carbonyl (C=O) groups excluding carboxylic acids is 2. The zero-order chi connectivity index (χ0) is 21.6. The number of carboxylic acid groups (broad SMARTS) is 1. The van der Waals surface area contributed by atoms with Crippen molar-refractivity contribution in [3.63, 3.8) is 0 Å². The maximum Gasteiger partial charge on any atom is 0.325 e. The number of nitrogens with zero attached hydrogens (tertiary/aromatic N) is 3. The minimum atomic E-state index is -1.67. The highest BCUT2D eigenvalue weighted by atomic mass is 16.4. The van der Waals surface area contributed by atoms with Crippen LogP contribution in [0.3, 0.4) is 0 Å². The van der Waals surface area contributed by atoms with E-state index in [0.717, 1.165) is 10.5 Å². The standard InChI is InChI=1S/C22H19N5O4/c28-19-16-17(20(29)27(19)15-6-8-23-9-7-15)22(21(30)31,10-14-11-24-12-25-14)26-18(16)13-4-2-1-3-5-13/h1-9,11-12,16-18,26H,10H2,(H,24,25)(H,30,31)/t16-,17-,18?,22?/m1/s1. The highest BCUT2D eigenvalue weighted by Gasteiger charge is 2.68. The molecule has 2 aromatic heterocycles. The Bertz CT molecular complexity index is 1140. The van der Waals surface area contributed by atoms with Gasteiger partial charge in [-0.15, -0.1) is 0 Å². The fourth-order valence-electron chi connectivity index (χ4n) is 4.81. The van der Waals surface area contributed by atoms with Crippen LogP contribution in [0.5, 0.6) is 0 Å². The molecule has 4 heterocycles. The highest BCUT2D eigenvalue weighted by molar-refractivity contribution is 6.24. The molecular formula is C22H19N5O4. The van der Waals surface area contributed by atoms with E-state index in [-0.39, 0.29) is 6.42 Å². The van der Waals surface area contributed by atoms with Crippen molar-refractivity contribution in [3.05, 3.63) is 78.6 Å². The van der Waals surface area contributed by atoms with Crippen molar-refractivity contribution in [2.24, 2.45) is 11.8 Å². The summed E-state index contributed by atoms with van der Waals surface area (Å²) >= 11 is 0. The Hall–Kier alpha value is -3.85. The van der Waals surface area contributed by atoms with Crippen LogP contribution in [0.2, 0.25) is 0 Å². The summed E-state index contributed by atoms with van der Waals surface area (Å²) in [6.07, 6.45) is 5.95. The SMILES string of the molecule is O=C1[C@H]2C(c3ccccc3)NC(Cc3cnc[nH]3)(C(=O)O)[C@H]2C(=O)N1c1ccncc1. The van der Waals surface area contributed by atoms with Gasteiger partial charge in [0, 0.05) is 36.7 Å². The summed E-state index contributed by atoms with van der Waals surface area (Å²) in [7, 11) is 0. The maximum absolute atomic E-state index is 13.6. The number of hydrogen-bond acceptors (Lipinski definition) is 6. The molecule has 9 heteroatoms. The van der Waals surface area contributed by atoms with E-state index >= 15 is 0 Å². The Labute approximate surface area is 177 Å². The smallest absolute Gasteiger partial charge is 0.325 e. The Morgan fingerprint density at radius 3 is 2.45 bits per heavy atom. The van der Waals surface area contributed by atoms with Crippen LogP contribution in [-0.2, 0) is 20.8 Å². The molecule has 2 amide bonds. The first-order valence-electron chi connectivity index (χ1n) is 9.84. The number of aliphatic carboxylic acids is 1. The summed E-state index contributed by atoms with van der Waals surface area (Å²) in [4.78, 5) is 51.7.